The van der Waals surface area contributed by atoms with Gasteiger partial charge in [-0.15, -0.1) is 10.2 Å². The molecular formula is C24H27N3O4S. The minimum atomic E-state index is -0.0285. The molecule has 0 spiro atoms. The van der Waals surface area contributed by atoms with Crippen LogP contribution < -0.4 is 9.47 Å². The number of carbonyl (C=O) groups excluding carboxylic acids is 1. The zero-order chi connectivity index (χ0) is 22.7. The monoisotopic (exact) mass is 453 g/mol. The molecule has 0 N–H and O–H groups in total. The van der Waals surface area contributed by atoms with Crippen molar-refractivity contribution in [2.75, 3.05) is 26.0 Å². The first-order valence-electron chi connectivity index (χ1n) is 10.5. The molecule has 4 rings (SSSR count). The van der Waals surface area contributed by atoms with Crippen LogP contribution in [0.4, 0.5) is 0 Å². The summed E-state index contributed by atoms with van der Waals surface area (Å²) in [6.45, 7) is 8.09. The number of fused-ring (bicyclic) bond motifs is 1. The molecule has 0 saturated carbocycles. The van der Waals surface area contributed by atoms with Crippen LogP contribution in [-0.4, -0.2) is 47.0 Å². The van der Waals surface area contributed by atoms with Gasteiger partial charge in [-0.2, -0.15) is 0 Å². The average molecular weight is 454 g/mol. The van der Waals surface area contributed by atoms with Gasteiger partial charge in [0.15, 0.2) is 11.5 Å². The first-order valence-corrected chi connectivity index (χ1v) is 11.5. The van der Waals surface area contributed by atoms with Crippen LogP contribution in [-0.2, 0) is 16.8 Å². The van der Waals surface area contributed by atoms with Crippen molar-refractivity contribution in [2.45, 2.75) is 38.0 Å². The molecule has 7 nitrogen and oxygen atoms in total. The van der Waals surface area contributed by atoms with Crippen LogP contribution in [0.5, 0.6) is 11.5 Å². The Labute approximate surface area is 192 Å². The van der Waals surface area contributed by atoms with E-state index in [1.807, 2.05) is 30.3 Å². The highest BCUT2D eigenvalue weighted by atomic mass is 32.2. The number of benzene rings is 2. The molecule has 1 aromatic heterocycles. The second kappa shape index (κ2) is 9.24. The summed E-state index contributed by atoms with van der Waals surface area (Å²) in [7, 11) is 1.77. The van der Waals surface area contributed by atoms with Crippen LogP contribution >= 0.6 is 11.8 Å². The zero-order valence-electron chi connectivity index (χ0n) is 18.8. The third-order valence-electron chi connectivity index (χ3n) is 5.18. The molecule has 0 aliphatic carbocycles. The van der Waals surface area contributed by atoms with Crippen molar-refractivity contribution in [3.8, 4) is 23.0 Å². The van der Waals surface area contributed by atoms with E-state index < -0.39 is 0 Å². The molecule has 0 saturated heterocycles. The van der Waals surface area contributed by atoms with Crippen LogP contribution in [0, 0.1) is 0 Å². The Balaban J connectivity index is 1.32. The van der Waals surface area contributed by atoms with Gasteiger partial charge in [0.25, 0.3) is 5.22 Å². The number of hydrogen-bond donors (Lipinski definition) is 0. The largest absolute Gasteiger partial charge is 0.486 e. The van der Waals surface area contributed by atoms with Crippen LogP contribution in [0.25, 0.3) is 11.5 Å². The van der Waals surface area contributed by atoms with Crippen molar-refractivity contribution in [3.63, 3.8) is 0 Å². The molecule has 0 radical (unpaired) electrons. The smallest absolute Gasteiger partial charge is 0.277 e. The third kappa shape index (κ3) is 5.24. The molecule has 8 heteroatoms. The molecule has 32 heavy (non-hydrogen) atoms. The summed E-state index contributed by atoms with van der Waals surface area (Å²) in [6, 6.07) is 13.8. The van der Waals surface area contributed by atoms with Gasteiger partial charge in [0.1, 0.15) is 13.2 Å². The summed E-state index contributed by atoms with van der Waals surface area (Å²) >= 11 is 1.24. The lowest BCUT2D eigenvalue weighted by Crippen LogP contribution is -2.27. The van der Waals surface area contributed by atoms with Gasteiger partial charge in [-0.05, 0) is 40.8 Å². The quantitative estimate of drug-likeness (QED) is 0.507. The van der Waals surface area contributed by atoms with E-state index in [0.29, 0.717) is 30.9 Å². The minimum absolute atomic E-state index is 0.0285. The van der Waals surface area contributed by atoms with Gasteiger partial charge in [-0.3, -0.25) is 4.79 Å². The van der Waals surface area contributed by atoms with Crippen molar-refractivity contribution < 1.29 is 18.7 Å². The maximum Gasteiger partial charge on any atom is 0.277 e. The van der Waals surface area contributed by atoms with Crippen LogP contribution in [0.2, 0.25) is 0 Å². The number of aromatic nitrogens is 2. The molecule has 1 aliphatic heterocycles. The normalized spacial score (nSPS) is 13.1. The van der Waals surface area contributed by atoms with E-state index >= 15 is 0 Å². The van der Waals surface area contributed by atoms with E-state index in [4.69, 9.17) is 13.9 Å². The number of thioether (sulfide) groups is 1. The van der Waals surface area contributed by atoms with E-state index in [0.717, 1.165) is 22.6 Å². The molecule has 0 unspecified atom stereocenters. The number of ether oxygens (including phenoxy) is 2. The van der Waals surface area contributed by atoms with Crippen molar-refractivity contribution in [2.24, 2.45) is 0 Å². The zero-order valence-corrected chi connectivity index (χ0v) is 19.6. The Kier molecular flexibility index (Phi) is 6.41. The van der Waals surface area contributed by atoms with Gasteiger partial charge in [0, 0.05) is 19.2 Å². The second-order valence-corrected chi connectivity index (χ2v) is 9.64. The Hall–Kier alpha value is -3.00. The topological polar surface area (TPSA) is 77.7 Å². The summed E-state index contributed by atoms with van der Waals surface area (Å²) < 4.78 is 16.9. The van der Waals surface area contributed by atoms with Gasteiger partial charge >= 0.3 is 0 Å². The van der Waals surface area contributed by atoms with Crippen LogP contribution in [0.3, 0.4) is 0 Å². The Morgan fingerprint density at radius 2 is 1.75 bits per heavy atom. The summed E-state index contributed by atoms with van der Waals surface area (Å²) in [6.07, 6.45) is 0. The Morgan fingerprint density at radius 1 is 1.03 bits per heavy atom. The first-order chi connectivity index (χ1) is 15.3. The Morgan fingerprint density at radius 3 is 2.47 bits per heavy atom. The highest BCUT2D eigenvalue weighted by Crippen LogP contribution is 2.31. The van der Waals surface area contributed by atoms with Crippen molar-refractivity contribution >= 4 is 17.7 Å². The van der Waals surface area contributed by atoms with Crippen molar-refractivity contribution in [3.05, 3.63) is 53.6 Å². The SMILES string of the molecule is CN(Cc1ccc2c(c1)OCCO2)C(=O)CSc1nnc(-c2ccc(C(C)(C)C)cc2)o1. The number of carbonyl (C=O) groups is 1. The summed E-state index contributed by atoms with van der Waals surface area (Å²) in [5, 5.41) is 8.57. The van der Waals surface area contributed by atoms with Gasteiger partial charge in [0.05, 0.1) is 5.75 Å². The van der Waals surface area contributed by atoms with Gasteiger partial charge in [-0.1, -0.05) is 50.7 Å². The van der Waals surface area contributed by atoms with E-state index in [1.165, 1.54) is 17.3 Å². The number of nitrogens with zero attached hydrogens (tertiary/aromatic N) is 3. The van der Waals surface area contributed by atoms with Crippen molar-refractivity contribution in [1.29, 1.82) is 0 Å². The third-order valence-corrected chi connectivity index (χ3v) is 5.98. The second-order valence-electron chi connectivity index (χ2n) is 8.72. The fraction of sp³-hybridized carbons (Fsp3) is 0.375. The standard InChI is InChI=1S/C24H27N3O4S/c1-24(2,3)18-8-6-17(7-9-18)22-25-26-23(31-22)32-15-21(28)27(4)14-16-5-10-19-20(13-16)30-12-11-29-19/h5-10,13H,11-12,14-15H2,1-4H3. The predicted octanol–water partition coefficient (Wildman–Crippen LogP) is 4.56. The van der Waals surface area contributed by atoms with E-state index in [2.05, 4.69) is 43.1 Å². The van der Waals surface area contributed by atoms with Crippen molar-refractivity contribution in [1.82, 2.24) is 15.1 Å². The minimum Gasteiger partial charge on any atom is -0.486 e. The predicted molar refractivity (Wildman–Crippen MR) is 123 cm³/mol. The number of amides is 1. The molecular weight excluding hydrogens is 426 g/mol. The maximum atomic E-state index is 12.6. The van der Waals surface area contributed by atoms with E-state index in [1.54, 1.807) is 11.9 Å². The fourth-order valence-electron chi connectivity index (χ4n) is 3.28. The molecule has 3 aromatic rings. The lowest BCUT2D eigenvalue weighted by molar-refractivity contribution is -0.127. The molecule has 168 valence electrons. The van der Waals surface area contributed by atoms with Crippen LogP contribution in [0.15, 0.2) is 52.1 Å². The maximum absolute atomic E-state index is 12.6. The van der Waals surface area contributed by atoms with E-state index in [-0.39, 0.29) is 17.1 Å². The van der Waals surface area contributed by atoms with E-state index in [9.17, 15) is 4.79 Å². The van der Waals surface area contributed by atoms with Gasteiger partial charge < -0.3 is 18.8 Å². The summed E-state index contributed by atoms with van der Waals surface area (Å²) in [5.74, 6) is 2.10. The highest BCUT2D eigenvalue weighted by molar-refractivity contribution is 7.99. The highest BCUT2D eigenvalue weighted by Gasteiger charge is 2.17. The molecule has 2 heterocycles. The number of rotatable bonds is 6. The van der Waals surface area contributed by atoms with Gasteiger partial charge in [0.2, 0.25) is 11.8 Å². The average Bonchev–Trinajstić information content (AvgIpc) is 3.26. The molecule has 0 bridgehead atoms. The lowest BCUT2D eigenvalue weighted by atomic mass is 9.87. The molecule has 1 aliphatic rings. The molecule has 0 fully saturated rings. The van der Waals surface area contributed by atoms with Gasteiger partial charge in [-0.25, -0.2) is 0 Å². The summed E-state index contributed by atoms with van der Waals surface area (Å²) in [4.78, 5) is 14.2. The molecule has 0 atom stereocenters. The first kappa shape index (κ1) is 22.2. The number of hydrogen-bond acceptors (Lipinski definition) is 7. The molecule has 1 amide bonds. The van der Waals surface area contributed by atoms with Crippen LogP contribution in [0.1, 0.15) is 31.9 Å². The fourth-order valence-corrected chi connectivity index (χ4v) is 3.98. The lowest BCUT2D eigenvalue weighted by Gasteiger charge is -2.21. The molecule has 2 aromatic carbocycles. The summed E-state index contributed by atoms with van der Waals surface area (Å²) in [5.41, 5.74) is 3.16. The Bertz CT molecular complexity index is 1090.